The van der Waals surface area contributed by atoms with Crippen LogP contribution in [0, 0.1) is 0 Å². The molecule has 15 heavy (non-hydrogen) atoms. The van der Waals surface area contributed by atoms with E-state index in [1.54, 1.807) is 11.0 Å². The molecule has 0 aromatic carbocycles. The van der Waals surface area contributed by atoms with E-state index in [4.69, 9.17) is 5.11 Å². The van der Waals surface area contributed by atoms with Gasteiger partial charge in [0.2, 0.25) is 0 Å². The molecule has 1 aromatic rings. The Morgan fingerprint density at radius 2 is 2.20 bits per heavy atom. The summed E-state index contributed by atoms with van der Waals surface area (Å²) in [6.07, 6.45) is 3.00. The molecule has 0 fully saturated rings. The largest absolute Gasteiger partial charge is 0.478 e. The van der Waals surface area contributed by atoms with E-state index in [1.807, 2.05) is 14.1 Å². The predicted octanol–water partition coefficient (Wildman–Crippen LogP) is 1.33. The fourth-order valence-corrected chi connectivity index (χ4v) is 1.96. The van der Waals surface area contributed by atoms with E-state index in [0.29, 0.717) is 11.4 Å². The molecule has 1 aliphatic rings. The van der Waals surface area contributed by atoms with E-state index in [1.165, 1.54) is 0 Å². The highest BCUT2D eigenvalue weighted by Crippen LogP contribution is 2.26. The minimum absolute atomic E-state index is 0.306. The summed E-state index contributed by atoms with van der Waals surface area (Å²) in [7, 11) is 3.63. The molecule has 4 heteroatoms. The van der Waals surface area contributed by atoms with Crippen LogP contribution in [-0.2, 0) is 12.8 Å². The summed E-state index contributed by atoms with van der Waals surface area (Å²) < 4.78 is 0. The van der Waals surface area contributed by atoms with Crippen molar-refractivity contribution < 1.29 is 9.90 Å². The summed E-state index contributed by atoms with van der Waals surface area (Å²) in [4.78, 5) is 17.2. The van der Waals surface area contributed by atoms with Crippen LogP contribution in [0.25, 0.3) is 0 Å². The second kappa shape index (κ2) is 3.53. The lowest BCUT2D eigenvalue weighted by Gasteiger charge is -2.15. The van der Waals surface area contributed by atoms with Crippen molar-refractivity contribution in [2.45, 2.75) is 19.3 Å². The predicted molar refractivity (Wildman–Crippen MR) is 57.5 cm³/mol. The van der Waals surface area contributed by atoms with Gasteiger partial charge in [0.05, 0.1) is 0 Å². The Morgan fingerprint density at radius 3 is 2.80 bits per heavy atom. The summed E-state index contributed by atoms with van der Waals surface area (Å²) in [5.74, 6) is -0.343. The summed E-state index contributed by atoms with van der Waals surface area (Å²) >= 11 is 0. The third kappa shape index (κ3) is 1.67. The third-order valence-corrected chi connectivity index (χ3v) is 2.68. The van der Waals surface area contributed by atoms with E-state index in [-0.39, 0.29) is 0 Å². The Bertz CT molecular complexity index is 413. The second-order valence-corrected chi connectivity index (χ2v) is 4.02. The Labute approximate surface area is 88.6 Å². The van der Waals surface area contributed by atoms with Gasteiger partial charge in [0.15, 0.2) is 0 Å². The first-order valence-corrected chi connectivity index (χ1v) is 5.03. The van der Waals surface area contributed by atoms with Gasteiger partial charge in [0.1, 0.15) is 11.4 Å². The molecule has 0 saturated heterocycles. The molecule has 1 heterocycles. The molecule has 1 N–H and O–H groups in total. The molecule has 80 valence electrons. The van der Waals surface area contributed by atoms with Gasteiger partial charge in [-0.25, -0.2) is 9.78 Å². The second-order valence-electron chi connectivity index (χ2n) is 4.02. The van der Waals surface area contributed by atoms with Gasteiger partial charge in [-0.2, -0.15) is 0 Å². The first-order chi connectivity index (χ1) is 7.09. The molecule has 0 atom stereocenters. The molecule has 4 nitrogen and oxygen atoms in total. The first kappa shape index (κ1) is 9.96. The molecule has 2 rings (SSSR count). The number of anilines is 1. The lowest BCUT2D eigenvalue weighted by Crippen LogP contribution is -2.17. The number of aryl methyl sites for hydroxylation is 2. The van der Waals surface area contributed by atoms with Gasteiger partial charge in [-0.05, 0) is 30.9 Å². The highest BCUT2D eigenvalue weighted by Gasteiger charge is 2.20. The molecule has 0 radical (unpaired) electrons. The van der Waals surface area contributed by atoms with Crippen molar-refractivity contribution in [3.63, 3.8) is 0 Å². The molecule has 0 aliphatic heterocycles. The van der Waals surface area contributed by atoms with Crippen LogP contribution in [0.5, 0.6) is 0 Å². The number of hydrogen-bond acceptors (Lipinski definition) is 3. The zero-order valence-electron chi connectivity index (χ0n) is 8.95. The van der Waals surface area contributed by atoms with Gasteiger partial charge >= 0.3 is 5.97 Å². The van der Waals surface area contributed by atoms with Gasteiger partial charge in [-0.3, -0.25) is 0 Å². The fourth-order valence-electron chi connectivity index (χ4n) is 1.96. The number of hydrogen-bond donors (Lipinski definition) is 1. The number of rotatable bonds is 2. The van der Waals surface area contributed by atoms with E-state index in [2.05, 4.69) is 4.98 Å². The zero-order valence-corrected chi connectivity index (χ0v) is 8.95. The van der Waals surface area contributed by atoms with Crippen LogP contribution in [-0.4, -0.2) is 30.2 Å². The maximum Gasteiger partial charge on any atom is 0.339 e. The summed E-state index contributed by atoms with van der Waals surface area (Å²) in [6, 6.07) is 1.77. The van der Waals surface area contributed by atoms with Crippen molar-refractivity contribution in [2.24, 2.45) is 0 Å². The van der Waals surface area contributed by atoms with E-state index in [0.717, 1.165) is 30.5 Å². The van der Waals surface area contributed by atoms with Crippen LogP contribution < -0.4 is 4.90 Å². The first-order valence-electron chi connectivity index (χ1n) is 5.03. The molecule has 0 bridgehead atoms. The number of pyridine rings is 1. The van der Waals surface area contributed by atoms with E-state index < -0.39 is 5.97 Å². The van der Waals surface area contributed by atoms with Gasteiger partial charge in [-0.1, -0.05) is 0 Å². The molecular formula is C11H14N2O2. The lowest BCUT2D eigenvalue weighted by atomic mass is 10.1. The third-order valence-electron chi connectivity index (χ3n) is 2.68. The maximum absolute atomic E-state index is 11.1. The maximum atomic E-state index is 11.1. The van der Waals surface area contributed by atoms with Gasteiger partial charge < -0.3 is 10.0 Å². The SMILES string of the molecule is CN(C)c1nc2c(cc1C(=O)O)CCC2. The van der Waals surface area contributed by atoms with Crippen molar-refractivity contribution in [3.05, 3.63) is 22.9 Å². The minimum Gasteiger partial charge on any atom is -0.478 e. The number of aromatic carboxylic acids is 1. The van der Waals surface area contributed by atoms with Crippen molar-refractivity contribution in [3.8, 4) is 0 Å². The number of fused-ring (bicyclic) bond motifs is 1. The highest BCUT2D eigenvalue weighted by atomic mass is 16.4. The van der Waals surface area contributed by atoms with Crippen LogP contribution in [0.3, 0.4) is 0 Å². The van der Waals surface area contributed by atoms with Crippen molar-refractivity contribution in [1.29, 1.82) is 0 Å². The average Bonchev–Trinajstić information content (AvgIpc) is 2.61. The Hall–Kier alpha value is -1.58. The smallest absolute Gasteiger partial charge is 0.339 e. The lowest BCUT2D eigenvalue weighted by molar-refractivity contribution is 0.0697. The summed E-state index contributed by atoms with van der Waals surface area (Å²) in [6.45, 7) is 0. The van der Waals surface area contributed by atoms with Crippen molar-refractivity contribution >= 4 is 11.8 Å². The number of nitrogens with zero attached hydrogens (tertiary/aromatic N) is 2. The monoisotopic (exact) mass is 206 g/mol. The normalized spacial score (nSPS) is 13.7. The Balaban J connectivity index is 2.57. The molecular weight excluding hydrogens is 192 g/mol. The quantitative estimate of drug-likeness (QED) is 0.793. The van der Waals surface area contributed by atoms with Gasteiger partial charge in [0, 0.05) is 19.8 Å². The summed E-state index contributed by atoms with van der Waals surface area (Å²) in [5, 5.41) is 9.08. The average molecular weight is 206 g/mol. The molecule has 1 aliphatic carbocycles. The standard InChI is InChI=1S/C11H14N2O2/c1-13(2)10-8(11(14)15)6-7-4-3-5-9(7)12-10/h6H,3-5H2,1-2H3,(H,14,15). The Morgan fingerprint density at radius 1 is 1.47 bits per heavy atom. The van der Waals surface area contributed by atoms with Crippen molar-refractivity contribution in [1.82, 2.24) is 4.98 Å². The van der Waals surface area contributed by atoms with Gasteiger partial charge in [0.25, 0.3) is 0 Å². The summed E-state index contributed by atoms with van der Waals surface area (Å²) in [5.41, 5.74) is 2.46. The highest BCUT2D eigenvalue weighted by molar-refractivity contribution is 5.93. The van der Waals surface area contributed by atoms with E-state index in [9.17, 15) is 4.79 Å². The van der Waals surface area contributed by atoms with E-state index >= 15 is 0 Å². The topological polar surface area (TPSA) is 53.4 Å². The molecule has 0 unspecified atom stereocenters. The number of carboxylic acids is 1. The van der Waals surface area contributed by atoms with Crippen LogP contribution in [0.2, 0.25) is 0 Å². The number of carboxylic acid groups (broad SMARTS) is 1. The fraction of sp³-hybridized carbons (Fsp3) is 0.455. The molecule has 0 amide bonds. The van der Waals surface area contributed by atoms with Crippen LogP contribution >= 0.6 is 0 Å². The molecule has 0 saturated carbocycles. The molecule has 0 spiro atoms. The van der Waals surface area contributed by atoms with Crippen LogP contribution in [0.1, 0.15) is 28.0 Å². The Kier molecular flexibility index (Phi) is 2.34. The zero-order chi connectivity index (χ0) is 11.0. The number of carbonyl (C=O) groups is 1. The van der Waals surface area contributed by atoms with Crippen LogP contribution in [0.4, 0.5) is 5.82 Å². The molecule has 1 aromatic heterocycles. The van der Waals surface area contributed by atoms with Crippen molar-refractivity contribution in [2.75, 3.05) is 19.0 Å². The minimum atomic E-state index is -0.902. The van der Waals surface area contributed by atoms with Gasteiger partial charge in [-0.15, -0.1) is 0 Å². The number of aromatic nitrogens is 1. The van der Waals surface area contributed by atoms with Crippen LogP contribution in [0.15, 0.2) is 6.07 Å².